The van der Waals surface area contributed by atoms with Crippen LogP contribution in [0.4, 0.5) is 5.69 Å². The first-order valence-corrected chi connectivity index (χ1v) is 11.3. The smallest absolute Gasteiger partial charge is 0.269 e. The molecule has 0 saturated carbocycles. The summed E-state index contributed by atoms with van der Waals surface area (Å²) >= 11 is 1.67. The van der Waals surface area contributed by atoms with Crippen molar-refractivity contribution in [3.63, 3.8) is 0 Å². The maximum atomic E-state index is 13.0. The highest BCUT2D eigenvalue weighted by Crippen LogP contribution is 2.32. The number of non-ortho nitro benzene ring substituents is 1. The van der Waals surface area contributed by atoms with Gasteiger partial charge in [0.1, 0.15) is 6.54 Å². The lowest BCUT2D eigenvalue weighted by Gasteiger charge is -2.35. The number of thioether (sulfide) groups is 1. The molecule has 0 bridgehead atoms. The average molecular weight is 440 g/mol. The Morgan fingerprint density at radius 3 is 2.48 bits per heavy atom. The number of ether oxygens (including phenoxy) is 1. The molecule has 0 spiro atoms. The topological polar surface area (TPSA) is 77.6 Å². The molecule has 0 radical (unpaired) electrons. The van der Waals surface area contributed by atoms with Crippen molar-refractivity contribution < 1.29 is 14.5 Å². The molecule has 2 heterocycles. The maximum Gasteiger partial charge on any atom is 0.269 e. The van der Waals surface area contributed by atoms with E-state index in [-0.39, 0.29) is 30.3 Å². The Bertz CT molecular complexity index is 1090. The number of morpholine rings is 1. The van der Waals surface area contributed by atoms with Crippen molar-refractivity contribution in [3.05, 3.63) is 70.4 Å². The highest BCUT2D eigenvalue weighted by molar-refractivity contribution is 7.98. The van der Waals surface area contributed by atoms with Crippen molar-refractivity contribution in [2.24, 2.45) is 0 Å². The molecule has 31 heavy (non-hydrogen) atoms. The van der Waals surface area contributed by atoms with E-state index >= 15 is 0 Å². The van der Waals surface area contributed by atoms with Gasteiger partial charge in [0.15, 0.2) is 0 Å². The summed E-state index contributed by atoms with van der Waals surface area (Å²) in [4.78, 5) is 26.4. The highest BCUT2D eigenvalue weighted by atomic mass is 32.2. The van der Waals surface area contributed by atoms with Gasteiger partial charge in [0.2, 0.25) is 5.91 Å². The summed E-state index contributed by atoms with van der Waals surface area (Å²) in [5, 5.41) is 11.9. The van der Waals surface area contributed by atoms with Gasteiger partial charge in [0, 0.05) is 53.0 Å². The minimum absolute atomic E-state index is 0.0434. The lowest BCUT2D eigenvalue weighted by molar-refractivity contribution is -0.384. The molecule has 1 fully saturated rings. The first-order chi connectivity index (χ1) is 14.9. The van der Waals surface area contributed by atoms with Crippen LogP contribution in [0, 0.1) is 10.1 Å². The van der Waals surface area contributed by atoms with Crippen LogP contribution in [0.1, 0.15) is 19.4 Å². The molecule has 8 heteroatoms. The number of hydrogen-bond acceptors (Lipinski definition) is 5. The van der Waals surface area contributed by atoms with Crippen LogP contribution in [0.3, 0.4) is 0 Å². The van der Waals surface area contributed by atoms with E-state index in [0.29, 0.717) is 18.8 Å². The molecule has 2 atom stereocenters. The molecule has 0 N–H and O–H groups in total. The van der Waals surface area contributed by atoms with Crippen molar-refractivity contribution in [2.75, 3.05) is 13.1 Å². The molecular weight excluding hydrogens is 414 g/mol. The normalized spacial score (nSPS) is 19.0. The van der Waals surface area contributed by atoms with E-state index in [1.165, 1.54) is 12.1 Å². The summed E-state index contributed by atoms with van der Waals surface area (Å²) in [5.41, 5.74) is 2.13. The lowest BCUT2D eigenvalue weighted by Crippen LogP contribution is -2.49. The number of carbonyl (C=O) groups excluding carboxylic acids is 1. The summed E-state index contributed by atoms with van der Waals surface area (Å²) in [6.45, 7) is 5.51. The predicted molar refractivity (Wildman–Crippen MR) is 121 cm³/mol. The van der Waals surface area contributed by atoms with Crippen LogP contribution in [0.5, 0.6) is 0 Å². The monoisotopic (exact) mass is 439 g/mol. The van der Waals surface area contributed by atoms with E-state index in [4.69, 9.17) is 4.74 Å². The number of rotatable bonds is 6. The zero-order valence-corrected chi connectivity index (χ0v) is 18.4. The minimum atomic E-state index is -0.391. The maximum absolute atomic E-state index is 13.0. The zero-order valence-electron chi connectivity index (χ0n) is 17.6. The molecule has 1 amide bonds. The van der Waals surface area contributed by atoms with Gasteiger partial charge in [-0.05, 0) is 25.5 Å². The van der Waals surface area contributed by atoms with Crippen LogP contribution in [0.15, 0.2) is 59.6 Å². The van der Waals surface area contributed by atoms with Gasteiger partial charge in [-0.25, -0.2) is 0 Å². The van der Waals surface area contributed by atoms with Crippen LogP contribution in [-0.2, 0) is 21.8 Å². The number of fused-ring (bicyclic) bond motifs is 1. The Kier molecular flexibility index (Phi) is 6.29. The zero-order chi connectivity index (χ0) is 22.0. The van der Waals surface area contributed by atoms with Crippen molar-refractivity contribution >= 4 is 34.3 Å². The molecule has 4 rings (SSSR count). The third-order valence-corrected chi connectivity index (χ3v) is 6.49. The van der Waals surface area contributed by atoms with Crippen LogP contribution in [-0.4, -0.2) is 45.6 Å². The van der Waals surface area contributed by atoms with Crippen molar-refractivity contribution in [3.8, 4) is 0 Å². The fourth-order valence-corrected chi connectivity index (χ4v) is 5.01. The lowest BCUT2D eigenvalue weighted by atomic mass is 10.2. The Labute approximate surface area is 185 Å². The van der Waals surface area contributed by atoms with Crippen LogP contribution in [0.2, 0.25) is 0 Å². The number of benzene rings is 2. The number of nitrogens with zero attached hydrogens (tertiary/aromatic N) is 3. The van der Waals surface area contributed by atoms with Crippen LogP contribution < -0.4 is 0 Å². The molecule has 2 aromatic carbocycles. The second-order valence-corrected chi connectivity index (χ2v) is 8.92. The van der Waals surface area contributed by atoms with Gasteiger partial charge in [-0.1, -0.05) is 30.3 Å². The number of aromatic nitrogens is 1. The van der Waals surface area contributed by atoms with Gasteiger partial charge in [0.25, 0.3) is 5.69 Å². The molecule has 1 aliphatic rings. The molecule has 7 nitrogen and oxygen atoms in total. The molecule has 2 unspecified atom stereocenters. The SMILES string of the molecule is CC1CN(C(=O)Cn2cc(SCc3ccc([N+](=O)[O-])cc3)c3ccccc32)CC(C)O1. The minimum Gasteiger partial charge on any atom is -0.372 e. The number of amides is 1. The average Bonchev–Trinajstić information content (AvgIpc) is 3.09. The van der Waals surface area contributed by atoms with Crippen molar-refractivity contribution in [2.45, 2.75) is 43.2 Å². The third-order valence-electron chi connectivity index (χ3n) is 5.37. The van der Waals surface area contributed by atoms with Gasteiger partial charge >= 0.3 is 0 Å². The molecule has 3 aromatic rings. The van der Waals surface area contributed by atoms with Crippen molar-refractivity contribution in [1.82, 2.24) is 9.47 Å². The largest absolute Gasteiger partial charge is 0.372 e. The fraction of sp³-hybridized carbons (Fsp3) is 0.348. The Hall–Kier alpha value is -2.84. The van der Waals surface area contributed by atoms with Gasteiger partial charge in [-0.15, -0.1) is 11.8 Å². The first kappa shape index (κ1) is 21.4. The number of nitro benzene ring substituents is 1. The number of carbonyl (C=O) groups is 1. The van der Waals surface area contributed by atoms with Gasteiger partial charge in [0.05, 0.1) is 17.1 Å². The second kappa shape index (κ2) is 9.11. The van der Waals surface area contributed by atoms with Gasteiger partial charge in [-0.3, -0.25) is 14.9 Å². The van der Waals surface area contributed by atoms with Crippen LogP contribution >= 0.6 is 11.8 Å². The van der Waals surface area contributed by atoms with Gasteiger partial charge < -0.3 is 14.2 Å². The number of para-hydroxylation sites is 1. The summed E-state index contributed by atoms with van der Waals surface area (Å²) in [6, 6.07) is 14.7. The molecule has 1 aliphatic heterocycles. The standard InChI is InChI=1S/C23H25N3O4S/c1-16-11-25(12-17(2)30-16)23(27)14-24-13-22(20-5-3-4-6-21(20)24)31-15-18-7-9-19(10-8-18)26(28)29/h3-10,13,16-17H,11-12,14-15H2,1-2H3. The van der Waals surface area contributed by atoms with Crippen LogP contribution in [0.25, 0.3) is 10.9 Å². The molecule has 1 saturated heterocycles. The summed E-state index contributed by atoms with van der Waals surface area (Å²) in [5.74, 6) is 0.785. The first-order valence-electron chi connectivity index (χ1n) is 10.3. The molecule has 0 aliphatic carbocycles. The van der Waals surface area contributed by atoms with Crippen molar-refractivity contribution in [1.29, 1.82) is 0 Å². The predicted octanol–water partition coefficient (Wildman–Crippen LogP) is 4.48. The molecular formula is C23H25N3O4S. The third kappa shape index (κ3) is 4.91. The highest BCUT2D eigenvalue weighted by Gasteiger charge is 2.26. The van der Waals surface area contributed by atoms with E-state index in [1.54, 1.807) is 23.9 Å². The Morgan fingerprint density at radius 1 is 1.13 bits per heavy atom. The quantitative estimate of drug-likeness (QED) is 0.322. The summed E-state index contributed by atoms with van der Waals surface area (Å²) in [6.07, 6.45) is 2.12. The Morgan fingerprint density at radius 2 is 1.81 bits per heavy atom. The molecule has 162 valence electrons. The number of nitro groups is 1. The Balaban J connectivity index is 1.50. The van der Waals surface area contributed by atoms with E-state index in [9.17, 15) is 14.9 Å². The summed E-state index contributed by atoms with van der Waals surface area (Å²) in [7, 11) is 0. The van der Waals surface area contributed by atoms with E-state index in [2.05, 4.69) is 6.07 Å². The summed E-state index contributed by atoms with van der Waals surface area (Å²) < 4.78 is 7.76. The van der Waals surface area contributed by atoms with E-state index in [1.807, 2.05) is 47.7 Å². The second-order valence-electron chi connectivity index (χ2n) is 7.91. The molecule has 1 aromatic heterocycles. The number of hydrogen-bond donors (Lipinski definition) is 0. The fourth-order valence-electron chi connectivity index (χ4n) is 3.96. The van der Waals surface area contributed by atoms with E-state index < -0.39 is 4.92 Å². The van der Waals surface area contributed by atoms with Gasteiger partial charge in [-0.2, -0.15) is 0 Å². The van der Waals surface area contributed by atoms with E-state index in [0.717, 1.165) is 21.4 Å².